The van der Waals surface area contributed by atoms with Crippen molar-refractivity contribution < 1.29 is 19.7 Å². The average Bonchev–Trinajstić information content (AvgIpc) is 2.27. The van der Waals surface area contributed by atoms with E-state index in [-0.39, 0.29) is 12.7 Å². The zero-order chi connectivity index (χ0) is 11.5. The summed E-state index contributed by atoms with van der Waals surface area (Å²) in [6.07, 6.45) is -1.37. The minimum Gasteiger partial charge on any atom is -0.484 e. The summed E-state index contributed by atoms with van der Waals surface area (Å²) in [5.74, 6) is 0.612. The van der Waals surface area contributed by atoms with Crippen LogP contribution in [0.3, 0.4) is 0 Å². The van der Waals surface area contributed by atoms with E-state index in [0.29, 0.717) is 18.0 Å². The maximum absolute atomic E-state index is 10.4. The fourth-order valence-corrected chi connectivity index (χ4v) is 1.52. The van der Waals surface area contributed by atoms with Crippen LogP contribution in [-0.4, -0.2) is 35.6 Å². The molecule has 4 N–H and O–H groups in total. The van der Waals surface area contributed by atoms with Crippen LogP contribution in [0.25, 0.3) is 0 Å². The summed E-state index contributed by atoms with van der Waals surface area (Å²) >= 11 is 0. The molecule has 16 heavy (non-hydrogen) atoms. The molecule has 0 saturated carbocycles. The first-order valence-electron chi connectivity index (χ1n) is 4.84. The maximum Gasteiger partial charge on any atom is 0.409 e. The summed E-state index contributed by atoms with van der Waals surface area (Å²) in [7, 11) is 0. The van der Waals surface area contributed by atoms with Gasteiger partial charge in [-0.2, -0.15) is 0 Å². The molecule has 2 rings (SSSR count). The Morgan fingerprint density at radius 1 is 1.62 bits per heavy atom. The molecule has 86 valence electrons. The number of hydrogen-bond donors (Lipinski definition) is 4. The number of carboxylic acid groups (broad SMARTS) is 1. The van der Waals surface area contributed by atoms with Gasteiger partial charge in [0.2, 0.25) is 0 Å². The van der Waals surface area contributed by atoms with Gasteiger partial charge in [-0.1, -0.05) is 0 Å². The molecule has 6 heteroatoms. The molecule has 0 spiro atoms. The standard InChI is InChI=1S/C10H12N2O4/c13-5-7-4-11-8-3-6(12-10(14)15)1-2-9(8)16-7/h1-3,7,11-13H,4-5H2,(H,14,15)/t7-/m1/s1. The van der Waals surface area contributed by atoms with Gasteiger partial charge >= 0.3 is 6.09 Å². The highest BCUT2D eigenvalue weighted by molar-refractivity contribution is 5.84. The smallest absolute Gasteiger partial charge is 0.409 e. The number of nitrogens with one attached hydrogen (secondary N) is 2. The van der Waals surface area contributed by atoms with E-state index in [1.807, 2.05) is 0 Å². The number of fused-ring (bicyclic) bond motifs is 1. The largest absolute Gasteiger partial charge is 0.484 e. The lowest BCUT2D eigenvalue weighted by Gasteiger charge is -2.26. The second kappa shape index (κ2) is 4.28. The molecule has 1 atom stereocenters. The summed E-state index contributed by atoms with van der Waals surface area (Å²) in [6.45, 7) is 0.446. The Balaban J connectivity index is 2.18. The molecule has 0 unspecified atom stereocenters. The van der Waals surface area contributed by atoms with Gasteiger partial charge in [-0.25, -0.2) is 4.79 Å². The number of amides is 1. The summed E-state index contributed by atoms with van der Waals surface area (Å²) in [6, 6.07) is 4.92. The van der Waals surface area contributed by atoms with Crippen molar-refractivity contribution in [2.24, 2.45) is 0 Å². The van der Waals surface area contributed by atoms with Gasteiger partial charge in [-0.15, -0.1) is 0 Å². The van der Waals surface area contributed by atoms with E-state index in [2.05, 4.69) is 10.6 Å². The Morgan fingerprint density at radius 3 is 3.12 bits per heavy atom. The Bertz CT molecular complexity index is 408. The van der Waals surface area contributed by atoms with Gasteiger partial charge in [0.05, 0.1) is 18.8 Å². The lowest BCUT2D eigenvalue weighted by molar-refractivity contribution is 0.120. The molecule has 1 aromatic rings. The van der Waals surface area contributed by atoms with E-state index in [1.165, 1.54) is 0 Å². The number of carbonyl (C=O) groups is 1. The summed E-state index contributed by atoms with van der Waals surface area (Å²) in [5.41, 5.74) is 1.20. The van der Waals surface area contributed by atoms with Crippen molar-refractivity contribution in [1.29, 1.82) is 0 Å². The third-order valence-electron chi connectivity index (χ3n) is 2.25. The van der Waals surface area contributed by atoms with Crippen LogP contribution in [0, 0.1) is 0 Å². The van der Waals surface area contributed by atoms with E-state index in [9.17, 15) is 4.79 Å². The van der Waals surface area contributed by atoms with Crippen LogP contribution in [0.1, 0.15) is 0 Å². The highest BCUT2D eigenvalue weighted by Crippen LogP contribution is 2.31. The minimum atomic E-state index is -1.11. The molecule has 1 aliphatic rings. The van der Waals surface area contributed by atoms with Crippen LogP contribution in [0.5, 0.6) is 5.75 Å². The van der Waals surface area contributed by atoms with E-state index in [0.717, 1.165) is 5.69 Å². The minimum absolute atomic E-state index is 0.0540. The highest BCUT2D eigenvalue weighted by atomic mass is 16.5. The van der Waals surface area contributed by atoms with E-state index in [1.54, 1.807) is 18.2 Å². The Morgan fingerprint density at radius 2 is 2.44 bits per heavy atom. The number of aliphatic hydroxyl groups is 1. The van der Waals surface area contributed by atoms with Gasteiger partial charge in [0.1, 0.15) is 11.9 Å². The van der Waals surface area contributed by atoms with Crippen LogP contribution >= 0.6 is 0 Å². The lowest BCUT2D eigenvalue weighted by Crippen LogP contribution is -2.33. The summed E-state index contributed by atoms with van der Waals surface area (Å²) < 4.78 is 5.45. The second-order valence-corrected chi connectivity index (χ2v) is 3.44. The van der Waals surface area contributed by atoms with Crippen molar-refractivity contribution in [3.05, 3.63) is 18.2 Å². The van der Waals surface area contributed by atoms with Gasteiger partial charge < -0.3 is 20.3 Å². The molecule has 1 aliphatic heterocycles. The Kier molecular flexibility index (Phi) is 2.82. The molecular formula is C10H12N2O4. The van der Waals surface area contributed by atoms with E-state index < -0.39 is 6.09 Å². The van der Waals surface area contributed by atoms with Crippen LogP contribution in [0.4, 0.5) is 16.2 Å². The molecule has 0 bridgehead atoms. The monoisotopic (exact) mass is 224 g/mol. The van der Waals surface area contributed by atoms with E-state index >= 15 is 0 Å². The first-order valence-corrected chi connectivity index (χ1v) is 4.84. The third-order valence-corrected chi connectivity index (χ3v) is 2.25. The normalized spacial score (nSPS) is 17.9. The number of hydrogen-bond acceptors (Lipinski definition) is 4. The maximum atomic E-state index is 10.4. The number of rotatable bonds is 2. The van der Waals surface area contributed by atoms with Gasteiger partial charge in [0.15, 0.2) is 0 Å². The Labute approximate surface area is 91.8 Å². The SMILES string of the molecule is O=C(O)Nc1ccc2c(c1)NC[C@H](CO)O2. The summed E-state index contributed by atoms with van der Waals surface area (Å²) in [5, 5.41) is 22.8. The van der Waals surface area contributed by atoms with Crippen LogP contribution in [0.15, 0.2) is 18.2 Å². The molecule has 0 saturated heterocycles. The fourth-order valence-electron chi connectivity index (χ4n) is 1.52. The van der Waals surface area contributed by atoms with Crippen molar-refractivity contribution in [3.63, 3.8) is 0 Å². The Hall–Kier alpha value is -1.95. The van der Waals surface area contributed by atoms with Gasteiger partial charge in [0, 0.05) is 5.69 Å². The predicted molar refractivity (Wildman–Crippen MR) is 58.1 cm³/mol. The molecule has 0 fully saturated rings. The molecular weight excluding hydrogens is 212 g/mol. The number of aliphatic hydroxyl groups excluding tert-OH is 1. The molecule has 0 radical (unpaired) electrons. The van der Waals surface area contributed by atoms with Crippen molar-refractivity contribution in [3.8, 4) is 5.75 Å². The van der Waals surface area contributed by atoms with Crippen molar-refractivity contribution in [2.75, 3.05) is 23.8 Å². The second-order valence-electron chi connectivity index (χ2n) is 3.44. The highest BCUT2D eigenvalue weighted by Gasteiger charge is 2.18. The van der Waals surface area contributed by atoms with Crippen molar-refractivity contribution in [1.82, 2.24) is 0 Å². The molecule has 6 nitrogen and oxygen atoms in total. The first-order chi connectivity index (χ1) is 7.69. The number of anilines is 2. The average molecular weight is 224 g/mol. The zero-order valence-electron chi connectivity index (χ0n) is 8.43. The van der Waals surface area contributed by atoms with Gasteiger partial charge in [0.25, 0.3) is 0 Å². The topological polar surface area (TPSA) is 90.8 Å². The van der Waals surface area contributed by atoms with Crippen LogP contribution < -0.4 is 15.4 Å². The van der Waals surface area contributed by atoms with E-state index in [4.69, 9.17) is 14.9 Å². The number of ether oxygens (including phenoxy) is 1. The van der Waals surface area contributed by atoms with Gasteiger partial charge in [-0.3, -0.25) is 5.32 Å². The first kappa shape index (κ1) is 10.6. The predicted octanol–water partition coefficient (Wildman–Crippen LogP) is 0.942. The summed E-state index contributed by atoms with van der Waals surface area (Å²) in [4.78, 5) is 10.4. The van der Waals surface area contributed by atoms with Crippen molar-refractivity contribution >= 4 is 17.5 Å². The zero-order valence-corrected chi connectivity index (χ0v) is 8.43. The van der Waals surface area contributed by atoms with Crippen LogP contribution in [-0.2, 0) is 0 Å². The molecule has 1 amide bonds. The molecule has 0 aromatic heterocycles. The molecule has 1 aromatic carbocycles. The van der Waals surface area contributed by atoms with Crippen LogP contribution in [0.2, 0.25) is 0 Å². The molecule has 1 heterocycles. The quantitative estimate of drug-likeness (QED) is 0.600. The number of benzene rings is 1. The van der Waals surface area contributed by atoms with Gasteiger partial charge in [-0.05, 0) is 18.2 Å². The molecule has 0 aliphatic carbocycles. The third kappa shape index (κ3) is 2.17. The lowest BCUT2D eigenvalue weighted by atomic mass is 10.2. The fraction of sp³-hybridized carbons (Fsp3) is 0.300. The van der Waals surface area contributed by atoms with Crippen molar-refractivity contribution in [2.45, 2.75) is 6.10 Å².